The van der Waals surface area contributed by atoms with Gasteiger partial charge in [0.1, 0.15) is 11.6 Å². The maximum atomic E-state index is 13.9. The standard InChI is InChI=1S/C21H18F2N2O3S/c1-13-3-10-19(23)20(11-13)24-21(26)18-12-17(9-4-14(18)2)29(27,28)25-16-7-5-15(22)6-8-16/h3-12,25H,1-2H3,(H,24,26). The minimum atomic E-state index is -4.01. The minimum Gasteiger partial charge on any atom is -0.319 e. The quantitative estimate of drug-likeness (QED) is 0.637. The number of hydrogen-bond acceptors (Lipinski definition) is 3. The number of amides is 1. The van der Waals surface area contributed by atoms with Gasteiger partial charge in [-0.05, 0) is 73.5 Å². The second-order valence-corrected chi connectivity index (χ2v) is 8.21. The molecule has 0 heterocycles. The van der Waals surface area contributed by atoms with Gasteiger partial charge in [0, 0.05) is 11.3 Å². The molecule has 0 radical (unpaired) electrons. The van der Waals surface area contributed by atoms with E-state index in [0.717, 1.165) is 17.7 Å². The summed E-state index contributed by atoms with van der Waals surface area (Å²) in [6.07, 6.45) is 0. The summed E-state index contributed by atoms with van der Waals surface area (Å²) in [5.74, 6) is -1.72. The first-order valence-corrected chi connectivity index (χ1v) is 10.1. The summed E-state index contributed by atoms with van der Waals surface area (Å²) in [5.41, 5.74) is 1.56. The van der Waals surface area contributed by atoms with Gasteiger partial charge in [-0.3, -0.25) is 9.52 Å². The zero-order valence-electron chi connectivity index (χ0n) is 15.7. The van der Waals surface area contributed by atoms with Crippen molar-refractivity contribution in [3.05, 3.63) is 89.0 Å². The molecule has 0 fully saturated rings. The molecule has 0 aromatic heterocycles. The molecule has 0 bridgehead atoms. The Kier molecular flexibility index (Phi) is 5.65. The predicted octanol–water partition coefficient (Wildman–Crippen LogP) is 4.63. The van der Waals surface area contributed by atoms with E-state index in [1.165, 1.54) is 42.5 Å². The second kappa shape index (κ2) is 8.00. The van der Waals surface area contributed by atoms with E-state index in [2.05, 4.69) is 10.0 Å². The molecule has 0 aliphatic heterocycles. The van der Waals surface area contributed by atoms with Crippen LogP contribution in [0, 0.1) is 25.5 Å². The highest BCUT2D eigenvalue weighted by Gasteiger charge is 2.19. The van der Waals surface area contributed by atoms with Gasteiger partial charge < -0.3 is 5.32 Å². The molecule has 3 aromatic rings. The largest absolute Gasteiger partial charge is 0.319 e. The number of carbonyl (C=O) groups is 1. The molecule has 150 valence electrons. The van der Waals surface area contributed by atoms with Crippen LogP contribution in [0.1, 0.15) is 21.5 Å². The highest BCUT2D eigenvalue weighted by Crippen LogP contribution is 2.22. The van der Waals surface area contributed by atoms with E-state index in [0.29, 0.717) is 5.56 Å². The summed E-state index contributed by atoms with van der Waals surface area (Å²) in [4.78, 5) is 12.5. The van der Waals surface area contributed by atoms with Crippen molar-refractivity contribution in [2.75, 3.05) is 10.0 Å². The zero-order chi connectivity index (χ0) is 21.2. The Morgan fingerprint density at radius 3 is 2.28 bits per heavy atom. The van der Waals surface area contributed by atoms with Crippen LogP contribution in [-0.4, -0.2) is 14.3 Å². The maximum absolute atomic E-state index is 13.9. The van der Waals surface area contributed by atoms with Crippen LogP contribution < -0.4 is 10.0 Å². The van der Waals surface area contributed by atoms with Gasteiger partial charge in [-0.2, -0.15) is 0 Å². The average molecular weight is 416 g/mol. The number of benzene rings is 3. The fraction of sp³-hybridized carbons (Fsp3) is 0.0952. The minimum absolute atomic E-state index is 0.00657. The molecule has 5 nitrogen and oxygen atoms in total. The van der Waals surface area contributed by atoms with Crippen LogP contribution in [0.4, 0.5) is 20.2 Å². The number of rotatable bonds is 5. The lowest BCUT2D eigenvalue weighted by Crippen LogP contribution is -2.17. The predicted molar refractivity (Wildman–Crippen MR) is 107 cm³/mol. The Morgan fingerprint density at radius 2 is 1.59 bits per heavy atom. The van der Waals surface area contributed by atoms with Crippen LogP contribution in [0.25, 0.3) is 0 Å². The Morgan fingerprint density at radius 1 is 0.897 bits per heavy atom. The van der Waals surface area contributed by atoms with Crippen LogP contribution in [0.5, 0.6) is 0 Å². The summed E-state index contributed by atoms with van der Waals surface area (Å²) in [7, 11) is -4.01. The number of anilines is 2. The van der Waals surface area contributed by atoms with Gasteiger partial charge in [0.15, 0.2) is 0 Å². The number of nitrogens with one attached hydrogen (secondary N) is 2. The number of sulfonamides is 1. The summed E-state index contributed by atoms with van der Waals surface area (Å²) in [6.45, 7) is 3.40. The highest BCUT2D eigenvalue weighted by molar-refractivity contribution is 7.92. The molecule has 1 amide bonds. The van der Waals surface area contributed by atoms with Gasteiger partial charge >= 0.3 is 0 Å². The van der Waals surface area contributed by atoms with E-state index >= 15 is 0 Å². The lowest BCUT2D eigenvalue weighted by molar-refractivity contribution is 0.102. The number of hydrogen-bond donors (Lipinski definition) is 2. The van der Waals surface area contributed by atoms with Crippen molar-refractivity contribution in [2.45, 2.75) is 18.7 Å². The van der Waals surface area contributed by atoms with Crippen molar-refractivity contribution in [1.29, 1.82) is 0 Å². The van der Waals surface area contributed by atoms with Gasteiger partial charge in [-0.15, -0.1) is 0 Å². The van der Waals surface area contributed by atoms with Crippen LogP contribution in [0.3, 0.4) is 0 Å². The van der Waals surface area contributed by atoms with Crippen LogP contribution in [0.15, 0.2) is 65.6 Å². The van der Waals surface area contributed by atoms with Crippen LogP contribution >= 0.6 is 0 Å². The van der Waals surface area contributed by atoms with E-state index in [1.54, 1.807) is 19.9 Å². The summed E-state index contributed by atoms with van der Waals surface area (Å²) in [5, 5.41) is 2.47. The molecule has 0 saturated heterocycles. The van der Waals surface area contributed by atoms with Crippen molar-refractivity contribution < 1.29 is 22.0 Å². The highest BCUT2D eigenvalue weighted by atomic mass is 32.2. The van der Waals surface area contributed by atoms with Crippen molar-refractivity contribution in [3.63, 3.8) is 0 Å². The second-order valence-electron chi connectivity index (χ2n) is 6.53. The Bertz CT molecular complexity index is 1180. The van der Waals surface area contributed by atoms with E-state index < -0.39 is 27.6 Å². The molecule has 3 aromatic carbocycles. The van der Waals surface area contributed by atoms with Crippen molar-refractivity contribution >= 4 is 27.3 Å². The van der Waals surface area contributed by atoms with E-state index in [-0.39, 0.29) is 21.8 Å². The molecule has 0 unspecified atom stereocenters. The first kappa shape index (κ1) is 20.5. The SMILES string of the molecule is Cc1ccc(F)c(NC(=O)c2cc(S(=O)(=O)Nc3ccc(F)cc3)ccc2C)c1. The fourth-order valence-corrected chi connectivity index (χ4v) is 3.75. The average Bonchev–Trinajstić information content (AvgIpc) is 2.66. The fourth-order valence-electron chi connectivity index (χ4n) is 2.67. The maximum Gasteiger partial charge on any atom is 0.261 e. The number of halogens is 2. The number of aryl methyl sites for hydroxylation is 2. The molecule has 0 aliphatic carbocycles. The molecule has 3 rings (SSSR count). The summed E-state index contributed by atoms with van der Waals surface area (Å²) in [6, 6.07) is 13.2. The summed E-state index contributed by atoms with van der Waals surface area (Å²) >= 11 is 0. The molecule has 8 heteroatoms. The van der Waals surface area contributed by atoms with Gasteiger partial charge in [0.25, 0.3) is 15.9 Å². The molecule has 2 N–H and O–H groups in total. The Hall–Kier alpha value is -3.26. The van der Waals surface area contributed by atoms with Crippen molar-refractivity contribution in [1.82, 2.24) is 0 Å². The number of carbonyl (C=O) groups excluding carboxylic acids is 1. The summed E-state index contributed by atoms with van der Waals surface area (Å²) < 4.78 is 54.5. The van der Waals surface area contributed by atoms with Gasteiger partial charge in [0.05, 0.1) is 10.6 Å². The third-order valence-electron chi connectivity index (χ3n) is 4.23. The molecule has 0 aliphatic rings. The third-order valence-corrected chi connectivity index (χ3v) is 5.61. The molecule has 29 heavy (non-hydrogen) atoms. The normalized spacial score (nSPS) is 11.2. The van der Waals surface area contributed by atoms with Crippen molar-refractivity contribution in [3.8, 4) is 0 Å². The molecular weight excluding hydrogens is 398 g/mol. The van der Waals surface area contributed by atoms with E-state index in [4.69, 9.17) is 0 Å². The third kappa shape index (κ3) is 4.78. The van der Waals surface area contributed by atoms with E-state index in [1.807, 2.05) is 0 Å². The first-order chi connectivity index (χ1) is 13.7. The lowest BCUT2D eigenvalue weighted by atomic mass is 10.1. The first-order valence-electron chi connectivity index (χ1n) is 8.62. The van der Waals surface area contributed by atoms with Gasteiger partial charge in [-0.1, -0.05) is 12.1 Å². The molecule has 0 saturated carbocycles. The Balaban J connectivity index is 1.89. The Labute approximate surface area is 167 Å². The lowest BCUT2D eigenvalue weighted by Gasteiger charge is -2.12. The smallest absolute Gasteiger partial charge is 0.261 e. The van der Waals surface area contributed by atoms with Crippen molar-refractivity contribution in [2.24, 2.45) is 0 Å². The molecule has 0 atom stereocenters. The van der Waals surface area contributed by atoms with E-state index in [9.17, 15) is 22.0 Å². The van der Waals surface area contributed by atoms with Crippen LogP contribution in [0.2, 0.25) is 0 Å². The van der Waals surface area contributed by atoms with Gasteiger partial charge in [-0.25, -0.2) is 17.2 Å². The van der Waals surface area contributed by atoms with Crippen LogP contribution in [-0.2, 0) is 10.0 Å². The molecular formula is C21H18F2N2O3S. The monoisotopic (exact) mass is 416 g/mol. The molecule has 0 spiro atoms. The topological polar surface area (TPSA) is 75.3 Å². The van der Waals surface area contributed by atoms with Gasteiger partial charge in [0.2, 0.25) is 0 Å². The zero-order valence-corrected chi connectivity index (χ0v) is 16.5.